The second-order valence-corrected chi connectivity index (χ2v) is 7.86. The Bertz CT molecular complexity index is 1160. The maximum atomic E-state index is 12.7. The van der Waals surface area contributed by atoms with Crippen LogP contribution in [0.1, 0.15) is 17.6 Å². The fraction of sp³-hybridized carbons (Fsp3) is 0.227. The smallest absolute Gasteiger partial charge is 0.246 e. The molecule has 148 valence electrons. The molecule has 2 heterocycles. The molecule has 0 aliphatic heterocycles. The Morgan fingerprint density at radius 1 is 1.14 bits per heavy atom. The molecule has 4 aromatic rings. The molecule has 0 unspecified atom stereocenters. The van der Waals surface area contributed by atoms with Gasteiger partial charge in [-0.3, -0.25) is 4.79 Å². The summed E-state index contributed by atoms with van der Waals surface area (Å²) in [7, 11) is 1.64. The van der Waals surface area contributed by atoms with Crippen molar-refractivity contribution in [3.05, 3.63) is 59.2 Å². The predicted molar refractivity (Wildman–Crippen MR) is 117 cm³/mol. The van der Waals surface area contributed by atoms with Crippen LogP contribution in [-0.4, -0.2) is 27.6 Å². The van der Waals surface area contributed by atoms with Gasteiger partial charge in [-0.05, 0) is 43.3 Å². The van der Waals surface area contributed by atoms with E-state index in [-0.39, 0.29) is 12.5 Å². The van der Waals surface area contributed by atoms with E-state index in [0.29, 0.717) is 5.13 Å². The molecule has 0 spiro atoms. The van der Waals surface area contributed by atoms with Crippen LogP contribution in [0, 0.1) is 6.92 Å². The lowest BCUT2D eigenvalue weighted by Gasteiger charge is -2.07. The van der Waals surface area contributed by atoms with E-state index in [0.717, 1.165) is 45.2 Å². The Balaban J connectivity index is 1.54. The lowest BCUT2D eigenvalue weighted by molar-refractivity contribution is -0.116. The summed E-state index contributed by atoms with van der Waals surface area (Å²) >= 11 is 1.47. The lowest BCUT2D eigenvalue weighted by atomic mass is 10.1. The molecule has 2 aromatic heterocycles. The van der Waals surface area contributed by atoms with Crippen molar-refractivity contribution < 1.29 is 9.53 Å². The van der Waals surface area contributed by atoms with Gasteiger partial charge >= 0.3 is 0 Å². The van der Waals surface area contributed by atoms with Gasteiger partial charge in [0, 0.05) is 16.9 Å². The van der Waals surface area contributed by atoms with Crippen LogP contribution in [0.25, 0.3) is 22.3 Å². The number of aryl methyl sites for hydroxylation is 2. The SMILES string of the molecule is CCc1nc2ccccc2n1CC(=O)Nc1nc(-c2ccc(OC)cc2)c(C)s1. The highest BCUT2D eigenvalue weighted by molar-refractivity contribution is 7.16. The van der Waals surface area contributed by atoms with Crippen LogP contribution in [0.3, 0.4) is 0 Å². The van der Waals surface area contributed by atoms with Gasteiger partial charge in [-0.25, -0.2) is 9.97 Å². The first-order valence-corrected chi connectivity index (χ1v) is 10.3. The number of ether oxygens (including phenoxy) is 1. The van der Waals surface area contributed by atoms with Crippen molar-refractivity contribution in [1.82, 2.24) is 14.5 Å². The monoisotopic (exact) mass is 406 g/mol. The van der Waals surface area contributed by atoms with Crippen molar-refractivity contribution in [2.24, 2.45) is 0 Å². The van der Waals surface area contributed by atoms with Gasteiger partial charge in [0.05, 0.1) is 23.8 Å². The van der Waals surface area contributed by atoms with Crippen LogP contribution < -0.4 is 10.1 Å². The summed E-state index contributed by atoms with van der Waals surface area (Å²) in [5, 5.41) is 3.54. The van der Waals surface area contributed by atoms with E-state index in [9.17, 15) is 4.79 Å². The number of aromatic nitrogens is 3. The first-order valence-electron chi connectivity index (χ1n) is 9.45. The van der Waals surface area contributed by atoms with Crippen molar-refractivity contribution in [3.8, 4) is 17.0 Å². The third kappa shape index (κ3) is 3.86. The average molecular weight is 407 g/mol. The molecule has 0 saturated carbocycles. The molecule has 29 heavy (non-hydrogen) atoms. The van der Waals surface area contributed by atoms with Crippen LogP contribution in [0.2, 0.25) is 0 Å². The zero-order valence-corrected chi connectivity index (χ0v) is 17.4. The van der Waals surface area contributed by atoms with E-state index in [1.54, 1.807) is 7.11 Å². The number of thiazole rings is 1. The Labute approximate surface area is 173 Å². The summed E-state index contributed by atoms with van der Waals surface area (Å²) in [4.78, 5) is 23.0. The summed E-state index contributed by atoms with van der Waals surface area (Å²) in [5.74, 6) is 1.59. The maximum Gasteiger partial charge on any atom is 0.246 e. The van der Waals surface area contributed by atoms with Crippen molar-refractivity contribution in [1.29, 1.82) is 0 Å². The summed E-state index contributed by atoms with van der Waals surface area (Å²) < 4.78 is 7.18. The molecule has 0 fully saturated rings. The molecule has 6 nitrogen and oxygen atoms in total. The third-order valence-electron chi connectivity index (χ3n) is 4.76. The minimum atomic E-state index is -0.113. The van der Waals surface area contributed by atoms with Crippen molar-refractivity contribution in [2.45, 2.75) is 26.8 Å². The second kappa shape index (κ2) is 8.05. The number of nitrogens with zero attached hydrogens (tertiary/aromatic N) is 3. The van der Waals surface area contributed by atoms with Gasteiger partial charge in [0.25, 0.3) is 0 Å². The Hall–Kier alpha value is -3.19. The maximum absolute atomic E-state index is 12.7. The number of imidazole rings is 1. The molecule has 0 aliphatic carbocycles. The first kappa shape index (κ1) is 19.1. The molecule has 0 aliphatic rings. The number of carbonyl (C=O) groups excluding carboxylic acids is 1. The number of para-hydroxylation sites is 2. The summed E-state index contributed by atoms with van der Waals surface area (Å²) in [5.41, 5.74) is 3.74. The summed E-state index contributed by atoms with van der Waals surface area (Å²) in [6, 6.07) is 15.6. The van der Waals surface area contributed by atoms with E-state index in [4.69, 9.17) is 4.74 Å². The lowest BCUT2D eigenvalue weighted by Crippen LogP contribution is -2.20. The fourth-order valence-corrected chi connectivity index (χ4v) is 4.19. The van der Waals surface area contributed by atoms with E-state index >= 15 is 0 Å². The third-order valence-corrected chi connectivity index (χ3v) is 5.64. The van der Waals surface area contributed by atoms with Gasteiger partial charge in [0.15, 0.2) is 5.13 Å². The standard InChI is InChI=1S/C22H22N4O2S/c1-4-19-23-17-7-5-6-8-18(17)26(19)13-20(27)24-22-25-21(14(2)29-22)15-9-11-16(28-3)12-10-15/h5-12H,4,13H2,1-3H3,(H,24,25,27). The number of carbonyl (C=O) groups is 1. The minimum absolute atomic E-state index is 0.113. The Kier molecular flexibility index (Phi) is 5.31. The van der Waals surface area contributed by atoms with Gasteiger partial charge in [0.2, 0.25) is 5.91 Å². The molecule has 1 N–H and O–H groups in total. The molecule has 2 aromatic carbocycles. The van der Waals surface area contributed by atoms with Gasteiger partial charge in [-0.2, -0.15) is 0 Å². The van der Waals surface area contributed by atoms with Gasteiger partial charge in [0.1, 0.15) is 18.1 Å². The van der Waals surface area contributed by atoms with Crippen molar-refractivity contribution in [3.63, 3.8) is 0 Å². The van der Waals surface area contributed by atoms with Crippen molar-refractivity contribution in [2.75, 3.05) is 12.4 Å². The van der Waals surface area contributed by atoms with Crippen LogP contribution in [0.5, 0.6) is 5.75 Å². The van der Waals surface area contributed by atoms with Gasteiger partial charge in [-0.1, -0.05) is 19.1 Å². The second-order valence-electron chi connectivity index (χ2n) is 6.66. The molecule has 7 heteroatoms. The predicted octanol–water partition coefficient (Wildman–Crippen LogP) is 4.68. The first-order chi connectivity index (χ1) is 14.1. The van der Waals surface area contributed by atoms with E-state index in [2.05, 4.69) is 15.3 Å². The fourth-order valence-electron chi connectivity index (χ4n) is 3.34. The molecule has 0 atom stereocenters. The van der Waals surface area contributed by atoms with Gasteiger partial charge in [-0.15, -0.1) is 11.3 Å². The van der Waals surface area contributed by atoms with E-state index in [1.165, 1.54) is 11.3 Å². The largest absolute Gasteiger partial charge is 0.497 e. The summed E-state index contributed by atoms with van der Waals surface area (Å²) in [6.07, 6.45) is 0.764. The van der Waals surface area contributed by atoms with E-state index < -0.39 is 0 Å². The highest BCUT2D eigenvalue weighted by Gasteiger charge is 2.15. The van der Waals surface area contributed by atoms with Crippen LogP contribution in [0.15, 0.2) is 48.5 Å². The molecular weight excluding hydrogens is 384 g/mol. The van der Waals surface area contributed by atoms with Crippen LogP contribution in [-0.2, 0) is 17.8 Å². The molecular formula is C22H22N4O2S. The van der Waals surface area contributed by atoms with Crippen LogP contribution in [0.4, 0.5) is 5.13 Å². The zero-order valence-electron chi connectivity index (χ0n) is 16.6. The molecule has 0 bridgehead atoms. The number of anilines is 1. The number of hydrogen-bond acceptors (Lipinski definition) is 5. The molecule has 1 amide bonds. The van der Waals surface area contributed by atoms with Gasteiger partial charge < -0.3 is 14.6 Å². The highest BCUT2D eigenvalue weighted by Crippen LogP contribution is 2.31. The Morgan fingerprint density at radius 2 is 1.90 bits per heavy atom. The topological polar surface area (TPSA) is 69.0 Å². The summed E-state index contributed by atoms with van der Waals surface area (Å²) in [6.45, 7) is 4.26. The number of methoxy groups -OCH3 is 1. The number of fused-ring (bicyclic) bond motifs is 1. The zero-order chi connectivity index (χ0) is 20.4. The molecule has 0 saturated heterocycles. The Morgan fingerprint density at radius 3 is 2.62 bits per heavy atom. The van der Waals surface area contributed by atoms with Crippen LogP contribution >= 0.6 is 11.3 Å². The highest BCUT2D eigenvalue weighted by atomic mass is 32.1. The average Bonchev–Trinajstić information content (AvgIpc) is 3.28. The minimum Gasteiger partial charge on any atom is -0.497 e. The normalized spacial score (nSPS) is 11.0. The number of benzene rings is 2. The van der Waals surface area contributed by atoms with Crippen molar-refractivity contribution >= 4 is 33.4 Å². The molecule has 4 rings (SSSR count). The quantitative estimate of drug-likeness (QED) is 0.505. The molecule has 0 radical (unpaired) electrons. The number of hydrogen-bond donors (Lipinski definition) is 1. The number of nitrogens with one attached hydrogen (secondary N) is 1. The number of amides is 1. The van der Waals surface area contributed by atoms with E-state index in [1.807, 2.05) is 66.9 Å². The number of rotatable bonds is 6.